The summed E-state index contributed by atoms with van der Waals surface area (Å²) in [4.78, 5) is 12.0. The lowest BCUT2D eigenvalue weighted by Gasteiger charge is -2.05. The summed E-state index contributed by atoms with van der Waals surface area (Å²) >= 11 is 0. The van der Waals surface area contributed by atoms with E-state index in [1.807, 2.05) is 30.3 Å². The second-order valence-electron chi connectivity index (χ2n) is 4.46. The molecule has 0 saturated carbocycles. The van der Waals surface area contributed by atoms with Crippen LogP contribution in [0.2, 0.25) is 0 Å². The van der Waals surface area contributed by atoms with Gasteiger partial charge in [-0.1, -0.05) is 36.4 Å². The third-order valence-electron chi connectivity index (χ3n) is 3.08. The maximum absolute atomic E-state index is 12.0. The number of aromatic hydroxyl groups is 1. The monoisotopic (exact) mass is 267 g/mol. The van der Waals surface area contributed by atoms with Gasteiger partial charge in [-0.15, -0.1) is 0 Å². The predicted molar refractivity (Wildman–Crippen MR) is 75.5 cm³/mol. The van der Waals surface area contributed by atoms with Crippen molar-refractivity contribution in [3.63, 3.8) is 0 Å². The number of carbonyl (C=O) groups excluding carboxylic acids is 1. The summed E-state index contributed by atoms with van der Waals surface area (Å²) in [7, 11) is 0. The molecule has 3 aromatic rings. The number of carbonyl (C=O) groups is 1. The molecule has 0 aliphatic heterocycles. The van der Waals surface area contributed by atoms with E-state index < -0.39 is 0 Å². The first-order valence-electron chi connectivity index (χ1n) is 6.28. The molecule has 2 aromatic carbocycles. The van der Waals surface area contributed by atoms with Crippen molar-refractivity contribution in [2.45, 2.75) is 6.54 Å². The summed E-state index contributed by atoms with van der Waals surface area (Å²) in [6, 6.07) is 16.0. The smallest absolute Gasteiger partial charge is 0.287 e. The molecule has 4 heteroatoms. The van der Waals surface area contributed by atoms with E-state index in [1.165, 1.54) is 0 Å². The molecule has 20 heavy (non-hydrogen) atoms. The molecule has 1 heterocycles. The lowest BCUT2D eigenvalue weighted by molar-refractivity contribution is 0.0925. The van der Waals surface area contributed by atoms with Gasteiger partial charge in [-0.3, -0.25) is 4.79 Å². The van der Waals surface area contributed by atoms with Gasteiger partial charge in [0.2, 0.25) is 0 Å². The molecule has 0 spiro atoms. The lowest BCUT2D eigenvalue weighted by Crippen LogP contribution is -2.22. The number of benzene rings is 2. The molecule has 0 radical (unpaired) electrons. The minimum absolute atomic E-state index is 0.164. The molecule has 1 amide bonds. The van der Waals surface area contributed by atoms with Gasteiger partial charge in [0.25, 0.3) is 5.91 Å². The Morgan fingerprint density at radius 2 is 1.85 bits per heavy atom. The molecule has 0 saturated heterocycles. The average molecular weight is 267 g/mol. The highest BCUT2D eigenvalue weighted by Crippen LogP contribution is 2.19. The van der Waals surface area contributed by atoms with Gasteiger partial charge in [0.05, 0.1) is 0 Å². The zero-order valence-electron chi connectivity index (χ0n) is 10.7. The second-order valence-corrected chi connectivity index (χ2v) is 4.46. The normalized spacial score (nSPS) is 10.6. The van der Waals surface area contributed by atoms with Crippen LogP contribution in [0.5, 0.6) is 5.75 Å². The summed E-state index contributed by atoms with van der Waals surface area (Å²) in [6.07, 6.45) is 0. The lowest BCUT2D eigenvalue weighted by atomic mass is 10.2. The zero-order valence-corrected chi connectivity index (χ0v) is 10.7. The second kappa shape index (κ2) is 5.09. The Labute approximate surface area is 115 Å². The van der Waals surface area contributed by atoms with E-state index in [9.17, 15) is 9.90 Å². The minimum Gasteiger partial charge on any atom is -0.508 e. The van der Waals surface area contributed by atoms with Crippen LogP contribution in [-0.2, 0) is 6.54 Å². The predicted octanol–water partition coefficient (Wildman–Crippen LogP) is 3.07. The third-order valence-corrected chi connectivity index (χ3v) is 3.08. The number of hydrogen-bond acceptors (Lipinski definition) is 3. The van der Waals surface area contributed by atoms with Gasteiger partial charge in [0, 0.05) is 17.5 Å². The Morgan fingerprint density at radius 3 is 2.65 bits per heavy atom. The van der Waals surface area contributed by atoms with Gasteiger partial charge in [0.1, 0.15) is 11.3 Å². The Bertz CT molecular complexity index is 728. The molecule has 3 rings (SSSR count). The number of nitrogens with one attached hydrogen (secondary N) is 1. The van der Waals surface area contributed by atoms with Crippen molar-refractivity contribution >= 4 is 16.9 Å². The van der Waals surface area contributed by atoms with Crippen molar-refractivity contribution in [1.82, 2.24) is 5.32 Å². The SMILES string of the molecule is O=C(NCc1ccccc1O)c1cc2ccccc2o1. The van der Waals surface area contributed by atoms with E-state index in [4.69, 9.17) is 4.42 Å². The van der Waals surface area contributed by atoms with Gasteiger partial charge in [0.15, 0.2) is 5.76 Å². The molecule has 2 N–H and O–H groups in total. The van der Waals surface area contributed by atoms with Crippen molar-refractivity contribution in [1.29, 1.82) is 0 Å². The van der Waals surface area contributed by atoms with Gasteiger partial charge < -0.3 is 14.8 Å². The Kier molecular flexibility index (Phi) is 3.13. The quantitative estimate of drug-likeness (QED) is 0.766. The third kappa shape index (κ3) is 2.36. The van der Waals surface area contributed by atoms with Crippen LogP contribution in [0.1, 0.15) is 16.1 Å². The first-order chi connectivity index (χ1) is 9.74. The summed E-state index contributed by atoms with van der Waals surface area (Å²) in [5.74, 6) is 0.128. The van der Waals surface area contributed by atoms with Crippen LogP contribution in [-0.4, -0.2) is 11.0 Å². The van der Waals surface area contributed by atoms with Crippen LogP contribution < -0.4 is 5.32 Å². The number of furan rings is 1. The van der Waals surface area contributed by atoms with E-state index in [0.717, 1.165) is 5.39 Å². The van der Waals surface area contributed by atoms with Crippen LogP contribution in [0.4, 0.5) is 0 Å². The highest BCUT2D eigenvalue weighted by molar-refractivity contribution is 5.96. The topological polar surface area (TPSA) is 62.5 Å². The first-order valence-corrected chi connectivity index (χ1v) is 6.28. The van der Waals surface area contributed by atoms with E-state index >= 15 is 0 Å². The molecule has 100 valence electrons. The summed E-state index contributed by atoms with van der Waals surface area (Å²) in [6.45, 7) is 0.253. The number of phenolic OH excluding ortho intramolecular Hbond substituents is 1. The number of phenols is 1. The van der Waals surface area contributed by atoms with Crippen LogP contribution in [0.3, 0.4) is 0 Å². The zero-order chi connectivity index (χ0) is 13.9. The Balaban J connectivity index is 1.75. The molecule has 0 atom stereocenters. The molecule has 0 fully saturated rings. The Morgan fingerprint density at radius 1 is 1.10 bits per heavy atom. The van der Waals surface area contributed by atoms with E-state index in [-0.39, 0.29) is 24.0 Å². The van der Waals surface area contributed by atoms with Crippen LogP contribution in [0, 0.1) is 0 Å². The Hall–Kier alpha value is -2.75. The highest BCUT2D eigenvalue weighted by atomic mass is 16.3. The standard InChI is InChI=1S/C16H13NO3/c18-13-7-3-1-6-12(13)10-17-16(19)15-9-11-5-2-4-8-14(11)20-15/h1-9,18H,10H2,(H,17,19). The van der Waals surface area contributed by atoms with Gasteiger partial charge in [-0.25, -0.2) is 0 Å². The fourth-order valence-corrected chi connectivity index (χ4v) is 2.02. The number of amides is 1. The van der Waals surface area contributed by atoms with E-state index in [1.54, 1.807) is 24.3 Å². The molecular weight excluding hydrogens is 254 g/mol. The van der Waals surface area contributed by atoms with E-state index in [2.05, 4.69) is 5.32 Å². The largest absolute Gasteiger partial charge is 0.508 e. The molecule has 0 bridgehead atoms. The molecule has 1 aromatic heterocycles. The number of fused-ring (bicyclic) bond motifs is 1. The van der Waals surface area contributed by atoms with Crippen molar-refractivity contribution in [3.05, 3.63) is 65.9 Å². The van der Waals surface area contributed by atoms with Crippen molar-refractivity contribution < 1.29 is 14.3 Å². The van der Waals surface area contributed by atoms with Crippen molar-refractivity contribution in [2.75, 3.05) is 0 Å². The molecular formula is C16H13NO3. The molecule has 4 nitrogen and oxygen atoms in total. The van der Waals surface area contributed by atoms with Gasteiger partial charge >= 0.3 is 0 Å². The average Bonchev–Trinajstić information content (AvgIpc) is 2.90. The molecule has 0 aliphatic rings. The summed E-state index contributed by atoms with van der Waals surface area (Å²) < 4.78 is 5.47. The van der Waals surface area contributed by atoms with Gasteiger partial charge in [-0.2, -0.15) is 0 Å². The first kappa shape index (κ1) is 12.3. The van der Waals surface area contributed by atoms with Crippen molar-refractivity contribution in [3.8, 4) is 5.75 Å². The van der Waals surface area contributed by atoms with Gasteiger partial charge in [-0.05, 0) is 18.2 Å². The summed E-state index contributed by atoms with van der Waals surface area (Å²) in [5.41, 5.74) is 1.34. The van der Waals surface area contributed by atoms with Crippen LogP contribution in [0.15, 0.2) is 59.0 Å². The highest BCUT2D eigenvalue weighted by Gasteiger charge is 2.12. The maximum atomic E-state index is 12.0. The number of hydrogen-bond donors (Lipinski definition) is 2. The number of para-hydroxylation sites is 2. The van der Waals surface area contributed by atoms with Crippen molar-refractivity contribution in [2.24, 2.45) is 0 Å². The summed E-state index contributed by atoms with van der Waals surface area (Å²) in [5, 5.41) is 13.2. The maximum Gasteiger partial charge on any atom is 0.287 e. The minimum atomic E-state index is -0.301. The fraction of sp³-hybridized carbons (Fsp3) is 0.0625. The van der Waals surface area contributed by atoms with E-state index in [0.29, 0.717) is 11.1 Å². The fourth-order valence-electron chi connectivity index (χ4n) is 2.02. The molecule has 0 unspecified atom stereocenters. The number of rotatable bonds is 3. The molecule has 0 aliphatic carbocycles. The van der Waals surface area contributed by atoms with Crippen LogP contribution in [0.25, 0.3) is 11.0 Å². The van der Waals surface area contributed by atoms with Crippen LogP contribution >= 0.6 is 0 Å².